The quantitative estimate of drug-likeness (QED) is 0.159. The molecule has 2 aromatic heterocycles. The molecule has 8 aromatic rings. The van der Waals surface area contributed by atoms with Gasteiger partial charge in [0.05, 0.1) is 29.0 Å². The van der Waals surface area contributed by atoms with E-state index in [-0.39, 0.29) is 10.8 Å². The summed E-state index contributed by atoms with van der Waals surface area (Å²) < 4.78 is 9.12. The molecule has 0 saturated carbocycles. The molecular formula is C51H45N5O. The molecule has 0 bridgehead atoms. The fourth-order valence-corrected chi connectivity index (χ4v) is 7.93. The van der Waals surface area contributed by atoms with Gasteiger partial charge in [0.15, 0.2) is 5.69 Å². The summed E-state index contributed by atoms with van der Waals surface area (Å²) in [7, 11) is 0. The van der Waals surface area contributed by atoms with E-state index < -0.39 is 0 Å². The number of hydrogen-bond acceptors (Lipinski definition) is 4. The molecule has 0 N–H and O–H groups in total. The van der Waals surface area contributed by atoms with Gasteiger partial charge in [-0.1, -0.05) is 108 Å². The molecule has 0 unspecified atom stereocenters. The van der Waals surface area contributed by atoms with E-state index in [2.05, 4.69) is 182 Å². The Morgan fingerprint density at radius 2 is 1.26 bits per heavy atom. The van der Waals surface area contributed by atoms with Crippen LogP contribution in [0.1, 0.15) is 52.7 Å². The van der Waals surface area contributed by atoms with Gasteiger partial charge in [0.2, 0.25) is 0 Å². The summed E-state index contributed by atoms with van der Waals surface area (Å²) in [6.07, 6.45) is 1.91. The SMILES string of the molecule is [C-]#[N+]c1cc(N2CN(c3cc(Oc4ccc5c6ccccc6n(-c6cc(C(C)(C)C)ccn6)c5c4)cc(C(C)(C)C)c3)c3ccccc32)ccc1-c1ccccc1. The maximum atomic E-state index is 8.05. The van der Waals surface area contributed by atoms with Crippen LogP contribution in [-0.4, -0.2) is 16.2 Å². The van der Waals surface area contributed by atoms with E-state index in [4.69, 9.17) is 16.3 Å². The molecule has 1 aliphatic rings. The van der Waals surface area contributed by atoms with Crippen molar-refractivity contribution in [3.05, 3.63) is 174 Å². The van der Waals surface area contributed by atoms with Crippen molar-refractivity contribution in [2.75, 3.05) is 16.5 Å². The number of benzene rings is 6. The lowest BCUT2D eigenvalue weighted by atomic mass is 9.86. The average molecular weight is 744 g/mol. The monoisotopic (exact) mass is 743 g/mol. The minimum absolute atomic E-state index is 0.0128. The fourth-order valence-electron chi connectivity index (χ4n) is 7.93. The van der Waals surface area contributed by atoms with Crippen molar-refractivity contribution in [3.63, 3.8) is 0 Å². The summed E-state index contributed by atoms with van der Waals surface area (Å²) in [6, 6.07) is 50.7. The van der Waals surface area contributed by atoms with Crippen LogP contribution in [0.15, 0.2) is 152 Å². The maximum absolute atomic E-state index is 8.05. The molecule has 57 heavy (non-hydrogen) atoms. The van der Waals surface area contributed by atoms with Crippen LogP contribution in [0.25, 0.3) is 43.6 Å². The normalized spacial score (nSPS) is 12.9. The molecule has 3 heterocycles. The molecule has 0 spiro atoms. The van der Waals surface area contributed by atoms with E-state index in [0.29, 0.717) is 12.4 Å². The van der Waals surface area contributed by atoms with Crippen LogP contribution in [0.3, 0.4) is 0 Å². The second-order valence-electron chi connectivity index (χ2n) is 16.9. The fraction of sp³-hybridized carbons (Fsp3) is 0.176. The van der Waals surface area contributed by atoms with Crippen LogP contribution in [0.5, 0.6) is 11.5 Å². The van der Waals surface area contributed by atoms with Gasteiger partial charge in [0, 0.05) is 40.5 Å². The average Bonchev–Trinajstić information content (AvgIpc) is 3.76. The van der Waals surface area contributed by atoms with Crippen molar-refractivity contribution in [3.8, 4) is 28.4 Å². The molecule has 0 amide bonds. The van der Waals surface area contributed by atoms with E-state index in [0.717, 1.165) is 67.6 Å². The Morgan fingerprint density at radius 3 is 2.00 bits per heavy atom. The summed E-state index contributed by atoms with van der Waals surface area (Å²) in [4.78, 5) is 13.5. The highest BCUT2D eigenvalue weighted by Crippen LogP contribution is 2.47. The number of para-hydroxylation sites is 3. The van der Waals surface area contributed by atoms with E-state index in [1.54, 1.807) is 0 Å². The first-order valence-electron chi connectivity index (χ1n) is 19.5. The highest BCUT2D eigenvalue weighted by molar-refractivity contribution is 6.09. The second-order valence-corrected chi connectivity index (χ2v) is 16.9. The summed E-state index contributed by atoms with van der Waals surface area (Å²) >= 11 is 0. The zero-order valence-corrected chi connectivity index (χ0v) is 33.3. The van der Waals surface area contributed by atoms with Crippen LogP contribution >= 0.6 is 0 Å². The zero-order valence-electron chi connectivity index (χ0n) is 33.3. The number of hydrogen-bond donors (Lipinski definition) is 0. The van der Waals surface area contributed by atoms with Gasteiger partial charge in [-0.05, 0) is 99.8 Å². The maximum Gasteiger partial charge on any atom is 0.196 e. The molecule has 0 aliphatic carbocycles. The molecule has 6 heteroatoms. The molecule has 9 rings (SSSR count). The highest BCUT2D eigenvalue weighted by Gasteiger charge is 2.30. The molecule has 0 saturated heterocycles. The highest BCUT2D eigenvalue weighted by atomic mass is 16.5. The zero-order chi connectivity index (χ0) is 39.5. The number of aromatic nitrogens is 2. The van der Waals surface area contributed by atoms with Crippen LogP contribution in [-0.2, 0) is 10.8 Å². The van der Waals surface area contributed by atoms with Crippen LogP contribution in [0.4, 0.5) is 28.4 Å². The number of rotatable bonds is 6. The van der Waals surface area contributed by atoms with Gasteiger partial charge >= 0.3 is 0 Å². The van der Waals surface area contributed by atoms with Crippen molar-refractivity contribution in [2.45, 2.75) is 52.4 Å². The summed E-state index contributed by atoms with van der Waals surface area (Å²) in [5, 5.41) is 2.33. The third kappa shape index (κ3) is 6.55. The van der Waals surface area contributed by atoms with Gasteiger partial charge in [-0.3, -0.25) is 4.57 Å². The smallest absolute Gasteiger partial charge is 0.196 e. The Morgan fingerprint density at radius 1 is 0.579 bits per heavy atom. The molecule has 6 nitrogen and oxygen atoms in total. The van der Waals surface area contributed by atoms with E-state index in [1.165, 1.54) is 16.5 Å². The number of ether oxygens (including phenoxy) is 1. The lowest BCUT2D eigenvalue weighted by Gasteiger charge is -2.26. The van der Waals surface area contributed by atoms with Gasteiger partial charge in [-0.15, -0.1) is 0 Å². The van der Waals surface area contributed by atoms with Crippen molar-refractivity contribution < 1.29 is 4.74 Å². The minimum atomic E-state index is -0.134. The molecular weight excluding hydrogens is 699 g/mol. The van der Waals surface area contributed by atoms with Gasteiger partial charge in [-0.25, -0.2) is 9.83 Å². The number of fused-ring (bicyclic) bond motifs is 4. The van der Waals surface area contributed by atoms with Crippen molar-refractivity contribution >= 4 is 50.2 Å². The predicted molar refractivity (Wildman–Crippen MR) is 236 cm³/mol. The first kappa shape index (κ1) is 35.8. The first-order chi connectivity index (χ1) is 27.5. The first-order valence-corrected chi connectivity index (χ1v) is 19.5. The van der Waals surface area contributed by atoms with E-state index >= 15 is 0 Å². The molecule has 0 atom stereocenters. The Labute approximate surface area is 335 Å². The van der Waals surface area contributed by atoms with Gasteiger partial charge in [0.25, 0.3) is 0 Å². The summed E-state index contributed by atoms with van der Waals surface area (Å²) in [6.45, 7) is 22.1. The topological polar surface area (TPSA) is 37.9 Å². The largest absolute Gasteiger partial charge is 0.457 e. The number of anilines is 4. The van der Waals surface area contributed by atoms with E-state index in [9.17, 15) is 0 Å². The third-order valence-corrected chi connectivity index (χ3v) is 11.0. The van der Waals surface area contributed by atoms with E-state index in [1.807, 2.05) is 30.5 Å². The predicted octanol–water partition coefficient (Wildman–Crippen LogP) is 14.0. The van der Waals surface area contributed by atoms with Gasteiger partial charge in [0.1, 0.15) is 24.0 Å². The van der Waals surface area contributed by atoms with Crippen molar-refractivity contribution in [1.82, 2.24) is 9.55 Å². The molecule has 0 fully saturated rings. The lowest BCUT2D eigenvalue weighted by Crippen LogP contribution is -2.24. The molecule has 6 aromatic carbocycles. The minimum Gasteiger partial charge on any atom is -0.457 e. The summed E-state index contributed by atoms with van der Waals surface area (Å²) in [5.41, 5.74) is 11.2. The second kappa shape index (κ2) is 13.7. The Hall–Kier alpha value is -6.84. The van der Waals surface area contributed by atoms with Crippen molar-refractivity contribution in [1.29, 1.82) is 0 Å². The standard InChI is InChI=1S/C51H45N5O/c1-50(2,3)35-25-26-53-49(29-35)56-45-18-12-11-17-42(45)43-24-22-39(32-48(43)56)57-40-28-36(51(4,5)6)27-38(30-40)55-33-54(46-19-13-14-20-47(46)55)37-21-23-41(44(31-37)52-7)34-15-9-8-10-16-34/h8-32H,33H2,1-6H3. The number of pyridine rings is 1. The van der Waals surface area contributed by atoms with Crippen molar-refractivity contribution in [2.24, 2.45) is 0 Å². The van der Waals surface area contributed by atoms with Gasteiger partial charge in [-0.2, -0.15) is 0 Å². The molecule has 0 radical (unpaired) electrons. The Balaban J connectivity index is 1.11. The molecule has 1 aliphatic heterocycles. The van der Waals surface area contributed by atoms with Crippen LogP contribution in [0, 0.1) is 6.57 Å². The Bertz CT molecular complexity index is 2850. The summed E-state index contributed by atoms with van der Waals surface area (Å²) in [5.74, 6) is 2.41. The van der Waals surface area contributed by atoms with Gasteiger partial charge < -0.3 is 14.5 Å². The molecule has 280 valence electrons. The number of nitrogens with zero attached hydrogens (tertiary/aromatic N) is 5. The third-order valence-electron chi connectivity index (χ3n) is 11.0. The Kier molecular flexibility index (Phi) is 8.63. The van der Waals surface area contributed by atoms with Crippen LogP contribution < -0.4 is 14.5 Å². The lowest BCUT2D eigenvalue weighted by molar-refractivity contribution is 0.479. The van der Waals surface area contributed by atoms with Crippen LogP contribution in [0.2, 0.25) is 0 Å².